The number of aromatic nitrogens is 1. The summed E-state index contributed by atoms with van der Waals surface area (Å²) in [5.41, 5.74) is 1.99. The molecule has 0 bridgehead atoms. The molecular formula is C21H27N3O3. The first-order valence-electron chi connectivity index (χ1n) is 10.1. The van der Waals surface area contributed by atoms with Gasteiger partial charge in [-0.1, -0.05) is 26.2 Å². The number of amides is 2. The number of unbranched alkanes of at least 4 members (excludes halogenated alkanes) is 1. The average molecular weight is 369 g/mol. The molecule has 4 rings (SSSR count). The van der Waals surface area contributed by atoms with Crippen LogP contribution in [0.2, 0.25) is 0 Å². The summed E-state index contributed by atoms with van der Waals surface area (Å²) < 4.78 is 5.74. The van der Waals surface area contributed by atoms with Gasteiger partial charge in [0.05, 0.1) is 0 Å². The van der Waals surface area contributed by atoms with E-state index in [0.717, 1.165) is 38.0 Å². The third-order valence-electron chi connectivity index (χ3n) is 5.73. The van der Waals surface area contributed by atoms with Gasteiger partial charge in [0.25, 0.3) is 5.91 Å². The van der Waals surface area contributed by atoms with E-state index in [-0.39, 0.29) is 18.4 Å². The SMILES string of the molecule is CCCCc1nc2cc(C(=O)N3CCN(C4CCCC4)C(=O)C3)ccc2o1. The van der Waals surface area contributed by atoms with Crippen LogP contribution in [0.25, 0.3) is 11.1 Å². The number of piperazine rings is 1. The number of carbonyl (C=O) groups excluding carboxylic acids is 2. The summed E-state index contributed by atoms with van der Waals surface area (Å²) >= 11 is 0. The number of oxazole rings is 1. The lowest BCUT2D eigenvalue weighted by atomic mass is 10.1. The van der Waals surface area contributed by atoms with Crippen LogP contribution in [0, 0.1) is 0 Å². The molecule has 0 unspecified atom stereocenters. The van der Waals surface area contributed by atoms with E-state index in [0.29, 0.717) is 35.8 Å². The van der Waals surface area contributed by atoms with Gasteiger partial charge >= 0.3 is 0 Å². The Kier molecular flexibility index (Phi) is 5.14. The Bertz CT molecular complexity index is 838. The Morgan fingerprint density at radius 2 is 2.07 bits per heavy atom. The molecule has 2 heterocycles. The summed E-state index contributed by atoms with van der Waals surface area (Å²) in [5.74, 6) is 0.692. The number of aryl methyl sites for hydroxylation is 1. The summed E-state index contributed by atoms with van der Waals surface area (Å²) in [7, 11) is 0. The summed E-state index contributed by atoms with van der Waals surface area (Å²) in [6.07, 6.45) is 7.54. The molecule has 0 spiro atoms. The van der Waals surface area contributed by atoms with Gasteiger partial charge in [-0.3, -0.25) is 9.59 Å². The van der Waals surface area contributed by atoms with E-state index in [2.05, 4.69) is 11.9 Å². The summed E-state index contributed by atoms with van der Waals surface area (Å²) in [6, 6.07) is 5.74. The maximum absolute atomic E-state index is 12.9. The van der Waals surface area contributed by atoms with Crippen molar-refractivity contribution in [1.29, 1.82) is 0 Å². The van der Waals surface area contributed by atoms with Crippen molar-refractivity contribution in [2.45, 2.75) is 57.9 Å². The van der Waals surface area contributed by atoms with Gasteiger partial charge in [0.15, 0.2) is 11.5 Å². The smallest absolute Gasteiger partial charge is 0.254 e. The first kappa shape index (κ1) is 18.0. The minimum Gasteiger partial charge on any atom is -0.441 e. The molecular weight excluding hydrogens is 342 g/mol. The fourth-order valence-electron chi connectivity index (χ4n) is 4.19. The fraction of sp³-hybridized carbons (Fsp3) is 0.571. The summed E-state index contributed by atoms with van der Waals surface area (Å²) in [5, 5.41) is 0. The minimum atomic E-state index is -0.102. The van der Waals surface area contributed by atoms with Crippen molar-refractivity contribution in [2.24, 2.45) is 0 Å². The van der Waals surface area contributed by atoms with E-state index >= 15 is 0 Å². The van der Waals surface area contributed by atoms with Crippen molar-refractivity contribution < 1.29 is 14.0 Å². The van der Waals surface area contributed by atoms with Gasteiger partial charge < -0.3 is 14.2 Å². The number of rotatable bonds is 5. The van der Waals surface area contributed by atoms with Crippen molar-refractivity contribution in [1.82, 2.24) is 14.8 Å². The van der Waals surface area contributed by atoms with Crippen molar-refractivity contribution in [3.8, 4) is 0 Å². The minimum absolute atomic E-state index is 0.0749. The number of hydrogen-bond acceptors (Lipinski definition) is 4. The molecule has 144 valence electrons. The summed E-state index contributed by atoms with van der Waals surface area (Å²) in [4.78, 5) is 33.6. The number of benzene rings is 1. The Balaban J connectivity index is 1.45. The van der Waals surface area contributed by atoms with Crippen LogP contribution in [0.4, 0.5) is 0 Å². The molecule has 0 N–H and O–H groups in total. The van der Waals surface area contributed by atoms with Crippen LogP contribution >= 0.6 is 0 Å². The van der Waals surface area contributed by atoms with E-state index in [9.17, 15) is 9.59 Å². The van der Waals surface area contributed by atoms with Crippen LogP contribution in [-0.4, -0.2) is 52.3 Å². The maximum Gasteiger partial charge on any atom is 0.254 e. The van der Waals surface area contributed by atoms with E-state index in [1.165, 1.54) is 12.8 Å². The fourth-order valence-corrected chi connectivity index (χ4v) is 4.19. The van der Waals surface area contributed by atoms with Crippen molar-refractivity contribution in [3.63, 3.8) is 0 Å². The Morgan fingerprint density at radius 3 is 2.81 bits per heavy atom. The molecule has 6 nitrogen and oxygen atoms in total. The molecule has 1 aromatic heterocycles. The second-order valence-electron chi connectivity index (χ2n) is 7.65. The van der Waals surface area contributed by atoms with Crippen LogP contribution in [0.5, 0.6) is 0 Å². The molecule has 27 heavy (non-hydrogen) atoms. The number of carbonyl (C=O) groups is 2. The van der Waals surface area contributed by atoms with Gasteiger partial charge in [-0.15, -0.1) is 0 Å². The Morgan fingerprint density at radius 1 is 1.26 bits per heavy atom. The molecule has 1 saturated carbocycles. The number of fused-ring (bicyclic) bond motifs is 1. The predicted octanol–water partition coefficient (Wildman–Crippen LogP) is 3.40. The lowest BCUT2D eigenvalue weighted by Crippen LogP contribution is -2.54. The highest BCUT2D eigenvalue weighted by Gasteiger charge is 2.33. The van der Waals surface area contributed by atoms with Gasteiger partial charge in [0.1, 0.15) is 12.1 Å². The third-order valence-corrected chi connectivity index (χ3v) is 5.73. The molecule has 2 aromatic rings. The molecule has 1 aromatic carbocycles. The zero-order valence-corrected chi connectivity index (χ0v) is 15.9. The quantitative estimate of drug-likeness (QED) is 0.810. The highest BCUT2D eigenvalue weighted by Crippen LogP contribution is 2.25. The highest BCUT2D eigenvalue weighted by atomic mass is 16.3. The molecule has 2 amide bonds. The second-order valence-corrected chi connectivity index (χ2v) is 7.65. The Labute approximate surface area is 159 Å². The van der Waals surface area contributed by atoms with Gasteiger partial charge in [-0.25, -0.2) is 4.98 Å². The van der Waals surface area contributed by atoms with Crippen LogP contribution in [-0.2, 0) is 11.2 Å². The van der Waals surface area contributed by atoms with E-state index < -0.39 is 0 Å². The molecule has 0 radical (unpaired) electrons. The normalized spacial score (nSPS) is 18.6. The van der Waals surface area contributed by atoms with Crippen molar-refractivity contribution in [2.75, 3.05) is 19.6 Å². The van der Waals surface area contributed by atoms with Crippen LogP contribution in [0.1, 0.15) is 61.7 Å². The van der Waals surface area contributed by atoms with Crippen molar-refractivity contribution in [3.05, 3.63) is 29.7 Å². The lowest BCUT2D eigenvalue weighted by molar-refractivity contribution is -0.137. The molecule has 2 aliphatic rings. The molecule has 2 fully saturated rings. The maximum atomic E-state index is 12.9. The Hall–Kier alpha value is -2.37. The first-order valence-corrected chi connectivity index (χ1v) is 10.1. The molecule has 1 aliphatic carbocycles. The third kappa shape index (κ3) is 3.70. The highest BCUT2D eigenvalue weighted by molar-refractivity contribution is 5.99. The number of nitrogens with zero attached hydrogens (tertiary/aromatic N) is 3. The average Bonchev–Trinajstić information content (AvgIpc) is 3.34. The zero-order valence-electron chi connectivity index (χ0n) is 15.9. The van der Waals surface area contributed by atoms with Crippen LogP contribution in [0.3, 0.4) is 0 Å². The molecule has 1 aliphatic heterocycles. The topological polar surface area (TPSA) is 66.7 Å². The molecule has 1 saturated heterocycles. The van der Waals surface area contributed by atoms with Gasteiger partial charge in [0.2, 0.25) is 5.91 Å². The largest absolute Gasteiger partial charge is 0.441 e. The van der Waals surface area contributed by atoms with Crippen molar-refractivity contribution >= 4 is 22.9 Å². The lowest BCUT2D eigenvalue weighted by Gasteiger charge is -2.37. The van der Waals surface area contributed by atoms with Gasteiger partial charge in [0, 0.05) is 31.1 Å². The first-order chi connectivity index (χ1) is 13.2. The number of hydrogen-bond donors (Lipinski definition) is 0. The van der Waals surface area contributed by atoms with E-state index in [4.69, 9.17) is 4.42 Å². The van der Waals surface area contributed by atoms with Gasteiger partial charge in [-0.05, 0) is 37.5 Å². The van der Waals surface area contributed by atoms with Gasteiger partial charge in [-0.2, -0.15) is 0 Å². The molecule has 0 atom stereocenters. The standard InChI is InChI=1S/C21H27N3O3/c1-2-3-8-19-22-17-13-15(9-10-18(17)27-19)21(26)23-11-12-24(20(25)14-23)16-6-4-5-7-16/h9-10,13,16H,2-8,11-12,14H2,1H3. The summed E-state index contributed by atoms with van der Waals surface area (Å²) in [6.45, 7) is 3.55. The monoisotopic (exact) mass is 369 g/mol. The second kappa shape index (κ2) is 7.71. The van der Waals surface area contributed by atoms with E-state index in [1.807, 2.05) is 11.0 Å². The zero-order chi connectivity index (χ0) is 18.8. The van der Waals surface area contributed by atoms with E-state index in [1.54, 1.807) is 17.0 Å². The molecule has 6 heteroatoms. The van der Waals surface area contributed by atoms with Crippen LogP contribution in [0.15, 0.2) is 22.6 Å². The van der Waals surface area contributed by atoms with Crippen LogP contribution < -0.4 is 0 Å². The predicted molar refractivity (Wildman–Crippen MR) is 102 cm³/mol.